The Kier molecular flexibility index (Phi) is 3.76. The van der Waals surface area contributed by atoms with Crippen LogP contribution in [0.5, 0.6) is 0 Å². The maximum atomic E-state index is 12.1. The van der Waals surface area contributed by atoms with Gasteiger partial charge in [0.1, 0.15) is 6.61 Å². The van der Waals surface area contributed by atoms with Crippen molar-refractivity contribution in [2.75, 3.05) is 19.8 Å². The largest absolute Gasteiger partial charge is 0.369 e. The molecule has 3 rings (SSSR count). The van der Waals surface area contributed by atoms with E-state index in [0.29, 0.717) is 12.5 Å². The van der Waals surface area contributed by atoms with Crippen molar-refractivity contribution in [1.82, 2.24) is 4.90 Å². The zero-order chi connectivity index (χ0) is 13.2. The number of amides is 1. The van der Waals surface area contributed by atoms with Crippen molar-refractivity contribution in [1.29, 1.82) is 0 Å². The molecule has 1 saturated heterocycles. The van der Waals surface area contributed by atoms with E-state index in [1.165, 1.54) is 19.3 Å². The van der Waals surface area contributed by atoms with Gasteiger partial charge in [0.05, 0.1) is 12.6 Å². The maximum Gasteiger partial charge on any atom is 0.249 e. The van der Waals surface area contributed by atoms with Gasteiger partial charge in [-0.2, -0.15) is 0 Å². The van der Waals surface area contributed by atoms with Crippen molar-refractivity contribution in [3.8, 4) is 0 Å². The van der Waals surface area contributed by atoms with Crippen LogP contribution in [-0.2, 0) is 9.53 Å². The SMILES string of the molecule is O=C1COCC(c2ccc(Cl)cc2)N1CC1CCC1. The fourth-order valence-corrected chi connectivity index (χ4v) is 2.87. The van der Waals surface area contributed by atoms with Crippen LogP contribution >= 0.6 is 11.6 Å². The Hall–Kier alpha value is -1.06. The number of ether oxygens (including phenoxy) is 1. The highest BCUT2D eigenvalue weighted by atomic mass is 35.5. The van der Waals surface area contributed by atoms with Crippen LogP contribution in [0.15, 0.2) is 24.3 Å². The Morgan fingerprint density at radius 2 is 2.00 bits per heavy atom. The molecule has 1 unspecified atom stereocenters. The van der Waals surface area contributed by atoms with Gasteiger partial charge >= 0.3 is 0 Å². The first-order valence-electron chi connectivity index (χ1n) is 6.87. The summed E-state index contributed by atoms with van der Waals surface area (Å²) in [6, 6.07) is 7.76. The standard InChI is InChI=1S/C15H18ClNO2/c16-13-6-4-12(5-7-13)14-9-19-10-15(18)17(14)8-11-2-1-3-11/h4-7,11,14H,1-3,8-10H2. The summed E-state index contributed by atoms with van der Waals surface area (Å²) in [4.78, 5) is 14.1. The summed E-state index contributed by atoms with van der Waals surface area (Å²) in [5.74, 6) is 0.787. The second-order valence-corrected chi connectivity index (χ2v) is 5.86. The average molecular weight is 280 g/mol. The van der Waals surface area contributed by atoms with Gasteiger partial charge in [-0.25, -0.2) is 0 Å². The van der Waals surface area contributed by atoms with Gasteiger partial charge < -0.3 is 9.64 Å². The number of morpholine rings is 1. The van der Waals surface area contributed by atoms with E-state index in [2.05, 4.69) is 0 Å². The van der Waals surface area contributed by atoms with Gasteiger partial charge in [-0.3, -0.25) is 4.79 Å². The van der Waals surface area contributed by atoms with Crippen molar-refractivity contribution in [2.24, 2.45) is 5.92 Å². The van der Waals surface area contributed by atoms with Crippen LogP contribution in [0.4, 0.5) is 0 Å². The van der Waals surface area contributed by atoms with E-state index in [-0.39, 0.29) is 18.6 Å². The number of carbonyl (C=O) groups excluding carboxylic acids is 1. The van der Waals surface area contributed by atoms with Crippen LogP contribution in [0.1, 0.15) is 30.9 Å². The third-order valence-electron chi connectivity index (χ3n) is 4.13. The minimum atomic E-state index is 0.0408. The second kappa shape index (κ2) is 5.51. The summed E-state index contributed by atoms with van der Waals surface area (Å²) < 4.78 is 5.42. The van der Waals surface area contributed by atoms with E-state index < -0.39 is 0 Å². The van der Waals surface area contributed by atoms with Crippen molar-refractivity contribution in [3.63, 3.8) is 0 Å². The molecule has 3 nitrogen and oxygen atoms in total. The lowest BCUT2D eigenvalue weighted by Crippen LogP contribution is -2.47. The predicted octanol–water partition coefficient (Wildman–Crippen LogP) is 3.04. The fraction of sp³-hybridized carbons (Fsp3) is 0.533. The molecule has 2 fully saturated rings. The summed E-state index contributed by atoms with van der Waals surface area (Å²) in [6.45, 7) is 1.67. The number of nitrogens with zero attached hydrogens (tertiary/aromatic N) is 1. The molecule has 2 aliphatic rings. The molecule has 0 aromatic heterocycles. The fourth-order valence-electron chi connectivity index (χ4n) is 2.75. The van der Waals surface area contributed by atoms with Gasteiger partial charge in [-0.15, -0.1) is 0 Å². The first-order chi connectivity index (χ1) is 9.24. The Morgan fingerprint density at radius 3 is 2.63 bits per heavy atom. The number of halogens is 1. The molecule has 19 heavy (non-hydrogen) atoms. The van der Waals surface area contributed by atoms with E-state index in [4.69, 9.17) is 16.3 Å². The molecule has 1 heterocycles. The van der Waals surface area contributed by atoms with Crippen molar-refractivity contribution in [2.45, 2.75) is 25.3 Å². The molecular weight excluding hydrogens is 262 g/mol. The monoisotopic (exact) mass is 279 g/mol. The lowest BCUT2D eigenvalue weighted by molar-refractivity contribution is -0.150. The van der Waals surface area contributed by atoms with E-state index in [1.807, 2.05) is 29.2 Å². The number of rotatable bonds is 3. The lowest BCUT2D eigenvalue weighted by Gasteiger charge is -2.40. The molecular formula is C15H18ClNO2. The third-order valence-corrected chi connectivity index (χ3v) is 4.38. The molecule has 0 radical (unpaired) electrons. The van der Waals surface area contributed by atoms with Gasteiger partial charge in [0.2, 0.25) is 5.91 Å². The normalized spacial score (nSPS) is 24.4. The van der Waals surface area contributed by atoms with Gasteiger partial charge in [0.25, 0.3) is 0 Å². The number of hydrogen-bond donors (Lipinski definition) is 0. The van der Waals surface area contributed by atoms with Crippen molar-refractivity contribution < 1.29 is 9.53 Å². The summed E-state index contributed by atoms with van der Waals surface area (Å²) in [7, 11) is 0. The van der Waals surface area contributed by atoms with Crippen LogP contribution in [0.25, 0.3) is 0 Å². The average Bonchev–Trinajstić information content (AvgIpc) is 2.36. The van der Waals surface area contributed by atoms with E-state index in [1.54, 1.807) is 0 Å². The highest BCUT2D eigenvalue weighted by Crippen LogP contribution is 2.32. The van der Waals surface area contributed by atoms with Crippen molar-refractivity contribution >= 4 is 17.5 Å². The van der Waals surface area contributed by atoms with Crippen LogP contribution in [-0.4, -0.2) is 30.6 Å². The third kappa shape index (κ3) is 2.77. The Bertz CT molecular complexity index is 456. The predicted molar refractivity (Wildman–Crippen MR) is 74.1 cm³/mol. The first kappa shape index (κ1) is 12.9. The van der Waals surface area contributed by atoms with Gasteiger partial charge in [-0.1, -0.05) is 30.2 Å². The van der Waals surface area contributed by atoms with E-state index >= 15 is 0 Å². The van der Waals surface area contributed by atoms with Gasteiger partial charge in [0, 0.05) is 11.6 Å². The molecule has 0 bridgehead atoms. The van der Waals surface area contributed by atoms with Crippen LogP contribution in [0.2, 0.25) is 5.02 Å². The smallest absolute Gasteiger partial charge is 0.249 e. The Labute approximate surface area is 118 Å². The quantitative estimate of drug-likeness (QED) is 0.851. The summed E-state index contributed by atoms with van der Waals surface area (Å²) in [5.41, 5.74) is 1.11. The molecule has 102 valence electrons. The minimum Gasteiger partial charge on any atom is -0.369 e. The number of hydrogen-bond acceptors (Lipinski definition) is 2. The highest BCUT2D eigenvalue weighted by molar-refractivity contribution is 6.30. The lowest BCUT2D eigenvalue weighted by atomic mass is 9.84. The first-order valence-corrected chi connectivity index (χ1v) is 7.24. The number of benzene rings is 1. The zero-order valence-corrected chi connectivity index (χ0v) is 11.6. The van der Waals surface area contributed by atoms with E-state index in [9.17, 15) is 4.79 Å². The topological polar surface area (TPSA) is 29.5 Å². The highest BCUT2D eigenvalue weighted by Gasteiger charge is 2.33. The molecule has 1 atom stereocenters. The van der Waals surface area contributed by atoms with Gasteiger partial charge in [-0.05, 0) is 36.5 Å². The molecule has 1 aromatic carbocycles. The van der Waals surface area contributed by atoms with Gasteiger partial charge in [0.15, 0.2) is 0 Å². The molecule has 1 amide bonds. The van der Waals surface area contributed by atoms with Crippen LogP contribution in [0, 0.1) is 5.92 Å². The van der Waals surface area contributed by atoms with Crippen LogP contribution < -0.4 is 0 Å². The van der Waals surface area contributed by atoms with Crippen molar-refractivity contribution in [3.05, 3.63) is 34.9 Å². The molecule has 1 aliphatic heterocycles. The van der Waals surface area contributed by atoms with Crippen LogP contribution in [0.3, 0.4) is 0 Å². The Morgan fingerprint density at radius 1 is 1.26 bits per heavy atom. The molecule has 1 saturated carbocycles. The summed E-state index contributed by atoms with van der Waals surface area (Å²) >= 11 is 5.92. The Balaban J connectivity index is 1.79. The minimum absolute atomic E-state index is 0.0408. The maximum absolute atomic E-state index is 12.1. The molecule has 0 spiro atoms. The molecule has 0 N–H and O–H groups in total. The summed E-state index contributed by atoms with van der Waals surface area (Å²) in [5, 5.41) is 0.720. The molecule has 1 aliphatic carbocycles. The molecule has 1 aromatic rings. The van der Waals surface area contributed by atoms with E-state index in [0.717, 1.165) is 17.1 Å². The number of carbonyl (C=O) groups is 1. The second-order valence-electron chi connectivity index (χ2n) is 5.43. The summed E-state index contributed by atoms with van der Waals surface area (Å²) in [6.07, 6.45) is 3.80. The molecule has 4 heteroatoms. The zero-order valence-electron chi connectivity index (χ0n) is 10.8.